The first-order valence-corrected chi connectivity index (χ1v) is 19.7. The number of benzene rings is 1. The molecule has 0 bridgehead atoms. The van der Waals surface area contributed by atoms with Crippen LogP contribution >= 0.6 is 66.5 Å². The number of hydrogen-bond acceptors (Lipinski definition) is 9. The summed E-state index contributed by atoms with van der Waals surface area (Å²) in [5.74, 6) is -5.83. The Kier molecular flexibility index (Phi) is 23.2. The molecule has 6 N–H and O–H groups in total. The Morgan fingerprint density at radius 3 is 1.94 bits per heavy atom. The van der Waals surface area contributed by atoms with E-state index in [1.807, 2.05) is 0 Å². The molecule has 0 saturated carbocycles. The van der Waals surface area contributed by atoms with Gasteiger partial charge in [-0.05, 0) is 18.1 Å². The first-order valence-electron chi connectivity index (χ1n) is 14.2. The van der Waals surface area contributed by atoms with Gasteiger partial charge in [0.25, 0.3) is 0 Å². The number of nitrogens with one attached hydrogen (secondary N) is 2. The zero-order valence-corrected chi connectivity index (χ0v) is 31.3. The van der Waals surface area contributed by atoms with Gasteiger partial charge in [-0.15, -0.1) is 58.8 Å². The summed E-state index contributed by atoms with van der Waals surface area (Å²) in [4.78, 5) is 48.3. The summed E-state index contributed by atoms with van der Waals surface area (Å²) >= 11 is 23.6. The molecule has 0 saturated heterocycles. The molecule has 2 unspecified atom stereocenters. The molecule has 0 aliphatic carbocycles. The van der Waals surface area contributed by atoms with Crippen molar-refractivity contribution < 1.29 is 46.9 Å². The molecule has 276 valence electrons. The van der Waals surface area contributed by atoms with E-state index >= 15 is 0 Å². The maximum absolute atomic E-state index is 14.2. The molecular weight excluding hydrogens is 783 g/mol. The molecule has 2 atom stereocenters. The van der Waals surface area contributed by atoms with Crippen molar-refractivity contribution >= 4 is 100 Å². The van der Waals surface area contributed by atoms with Gasteiger partial charge in [0, 0.05) is 62.7 Å². The van der Waals surface area contributed by atoms with Crippen molar-refractivity contribution in [1.29, 1.82) is 0 Å². The average molecular weight is 824 g/mol. The van der Waals surface area contributed by atoms with Crippen LogP contribution in [0.5, 0.6) is 0 Å². The fourth-order valence-electron chi connectivity index (χ4n) is 4.13. The van der Waals surface area contributed by atoms with Gasteiger partial charge in [0.05, 0.1) is 23.7 Å². The van der Waals surface area contributed by atoms with Crippen molar-refractivity contribution in [3.63, 3.8) is 0 Å². The monoisotopic (exact) mass is 821 g/mol. The summed E-state index contributed by atoms with van der Waals surface area (Å²) in [6.07, 6.45) is -0.723. The van der Waals surface area contributed by atoms with Gasteiger partial charge >= 0.3 is 19.6 Å². The highest BCUT2D eigenvalue weighted by atomic mass is 35.5. The minimum atomic E-state index is -4.22. The maximum Gasteiger partial charge on any atom is 0.346 e. The molecule has 0 fully saturated rings. The van der Waals surface area contributed by atoms with Crippen molar-refractivity contribution in [1.82, 2.24) is 20.0 Å². The summed E-state index contributed by atoms with van der Waals surface area (Å²) in [5.41, 5.74) is 5.56. The number of sulfone groups is 1. The number of aromatic carboxylic acids is 1. The van der Waals surface area contributed by atoms with Gasteiger partial charge in [0.2, 0.25) is 11.8 Å². The first kappa shape index (κ1) is 46.6. The lowest BCUT2D eigenvalue weighted by molar-refractivity contribution is -0.138. The van der Waals surface area contributed by atoms with E-state index in [1.54, 1.807) is 6.07 Å². The molecule has 0 aliphatic heterocycles. The predicted octanol–water partition coefficient (Wildman–Crippen LogP) is 2.20. The molecule has 0 aliphatic rings. The van der Waals surface area contributed by atoms with Crippen molar-refractivity contribution in [2.75, 3.05) is 67.8 Å². The van der Waals surface area contributed by atoms with Crippen LogP contribution in [-0.4, -0.2) is 132 Å². The Hall–Kier alpha value is -1.43. The largest absolute Gasteiger partial charge is 0.480 e. The van der Waals surface area contributed by atoms with Crippen molar-refractivity contribution in [3.05, 3.63) is 35.4 Å². The molecule has 1 aromatic rings. The fourth-order valence-corrected chi connectivity index (χ4v) is 9.21. The van der Waals surface area contributed by atoms with Crippen LogP contribution in [-0.2, 0) is 39.9 Å². The number of amides is 2. The number of rotatable bonds is 25. The highest BCUT2D eigenvalue weighted by molar-refractivity contribution is 7.91. The summed E-state index contributed by atoms with van der Waals surface area (Å²) < 4.78 is 49.2. The summed E-state index contributed by atoms with van der Waals surface area (Å²) in [5, 5.41) is 23.1. The second-order valence-corrected chi connectivity index (χ2v) is 16.0. The smallest absolute Gasteiger partial charge is 0.346 e. The molecule has 22 heteroatoms. The third-order valence-electron chi connectivity index (χ3n) is 6.51. The molecule has 0 radical (unpaired) electrons. The Bertz CT molecular complexity index is 1320. The number of carbonyl (C=O) groups excluding carboxylic acids is 2. The molecule has 48 heavy (non-hydrogen) atoms. The van der Waals surface area contributed by atoms with Crippen LogP contribution in [0.15, 0.2) is 24.3 Å². The Morgan fingerprint density at radius 1 is 0.938 bits per heavy atom. The topological polar surface area (TPSA) is 226 Å². The molecule has 0 spiro atoms. The van der Waals surface area contributed by atoms with E-state index in [4.69, 9.17) is 61.8 Å². The van der Waals surface area contributed by atoms with E-state index in [9.17, 15) is 37.3 Å². The number of aliphatic carboxylic acids is 1. The molecule has 2 amide bonds. The van der Waals surface area contributed by atoms with Crippen LogP contribution in [0.2, 0.25) is 0 Å². The van der Waals surface area contributed by atoms with E-state index in [0.717, 1.165) is 0 Å². The zero-order valence-electron chi connectivity index (χ0n) is 25.8. The number of alkyl halides is 4. The Labute approximate surface area is 306 Å². The molecule has 15 nitrogen and oxygen atoms in total. The number of halogens is 5. The Balaban J connectivity index is 0.0000221. The van der Waals surface area contributed by atoms with Gasteiger partial charge in [-0.25, -0.2) is 22.6 Å². The second kappa shape index (κ2) is 23.9. The summed E-state index contributed by atoms with van der Waals surface area (Å²) in [6, 6.07) is 2.76. The van der Waals surface area contributed by atoms with E-state index < -0.39 is 77.9 Å². The van der Waals surface area contributed by atoms with Gasteiger partial charge in [-0.2, -0.15) is 0 Å². The molecular formula is C26H41Cl5N5O10PS. The number of carboxylic acid groups (broad SMARTS) is 2. The number of nitrogens with two attached hydrogens (primary N) is 1. The number of carboxylic acids is 2. The van der Waals surface area contributed by atoms with Gasteiger partial charge in [0.1, 0.15) is 12.1 Å². The fraction of sp³-hybridized carbons (Fsp3) is 0.615. The van der Waals surface area contributed by atoms with Gasteiger partial charge < -0.3 is 31.1 Å². The normalized spacial score (nSPS) is 13.1. The highest BCUT2D eigenvalue weighted by Gasteiger charge is 2.38. The van der Waals surface area contributed by atoms with E-state index in [-0.39, 0.29) is 86.2 Å². The lowest BCUT2D eigenvalue weighted by Crippen LogP contribution is -2.51. The standard InChI is InChI=1S/C26H40Cl4N5O10PS.ClH/c27-7-11-34(12-8-28)46(42,35(13-9-29)14-10-30)45-15-16-47(43,44)18-22(33-23(36)6-5-21(31)26(40)41)24(37)32-17-19-3-1-2-4-20(19)25(38)39;/h1-4,21-22H,5-18,31H2,(H,32,37)(H,33,36)(H,38,39)(H,40,41);1H. The highest BCUT2D eigenvalue weighted by Crippen LogP contribution is 2.54. The van der Waals surface area contributed by atoms with E-state index in [2.05, 4.69) is 10.6 Å². The van der Waals surface area contributed by atoms with Gasteiger partial charge in [-0.1, -0.05) is 18.2 Å². The Morgan fingerprint density at radius 2 is 1.46 bits per heavy atom. The number of nitrogens with zero attached hydrogens (tertiary/aromatic N) is 2. The lowest BCUT2D eigenvalue weighted by atomic mass is 10.1. The van der Waals surface area contributed by atoms with Crippen LogP contribution < -0.4 is 16.4 Å². The quantitative estimate of drug-likeness (QED) is 0.0706. The average Bonchev–Trinajstić information content (AvgIpc) is 3.01. The van der Waals surface area contributed by atoms with Crippen LogP contribution in [0.1, 0.15) is 28.8 Å². The third kappa shape index (κ3) is 16.1. The predicted molar refractivity (Wildman–Crippen MR) is 188 cm³/mol. The minimum absolute atomic E-state index is 0. The summed E-state index contributed by atoms with van der Waals surface area (Å²) in [7, 11) is -8.16. The van der Waals surface area contributed by atoms with Crippen molar-refractivity contribution in [3.8, 4) is 0 Å². The minimum Gasteiger partial charge on any atom is -0.480 e. The van der Waals surface area contributed by atoms with Crippen LogP contribution in [0, 0.1) is 0 Å². The van der Waals surface area contributed by atoms with Crippen molar-refractivity contribution in [2.24, 2.45) is 5.73 Å². The molecule has 0 aromatic heterocycles. The number of hydrogen-bond donors (Lipinski definition) is 5. The van der Waals surface area contributed by atoms with Crippen molar-refractivity contribution in [2.45, 2.75) is 31.5 Å². The maximum atomic E-state index is 14.2. The summed E-state index contributed by atoms with van der Waals surface area (Å²) in [6.45, 7) is -0.551. The first-order chi connectivity index (χ1) is 22.1. The number of carbonyl (C=O) groups is 4. The zero-order chi connectivity index (χ0) is 35.6. The molecule has 1 rings (SSSR count). The van der Waals surface area contributed by atoms with Crippen LogP contribution in [0.25, 0.3) is 0 Å². The lowest BCUT2D eigenvalue weighted by Gasteiger charge is -2.37. The SMILES string of the molecule is Cl.NC(CCC(=O)NC(CS(=O)(=O)CCOP(=O)(N(CCCl)CCCl)N(CCCl)CCCl)C(=O)NCc1ccccc1C(=O)O)C(=O)O. The van der Waals surface area contributed by atoms with Gasteiger partial charge in [0.15, 0.2) is 9.84 Å². The molecule has 0 heterocycles. The second-order valence-electron chi connectivity index (χ2n) is 9.89. The van der Waals surface area contributed by atoms with E-state index in [0.29, 0.717) is 0 Å². The van der Waals surface area contributed by atoms with E-state index in [1.165, 1.54) is 27.5 Å². The third-order valence-corrected chi connectivity index (χ3v) is 11.6. The van der Waals surface area contributed by atoms with Crippen LogP contribution in [0.4, 0.5) is 0 Å². The van der Waals surface area contributed by atoms with Crippen LogP contribution in [0.3, 0.4) is 0 Å². The molecule has 1 aromatic carbocycles. The van der Waals surface area contributed by atoms with Gasteiger partial charge in [-0.3, -0.25) is 18.9 Å².